The molecule has 0 saturated heterocycles. The van der Waals surface area contributed by atoms with E-state index in [1.807, 2.05) is 18.2 Å². The summed E-state index contributed by atoms with van der Waals surface area (Å²) < 4.78 is 2.05. The van der Waals surface area contributed by atoms with Gasteiger partial charge in [-0.15, -0.1) is 11.3 Å². The van der Waals surface area contributed by atoms with Crippen molar-refractivity contribution in [1.82, 2.24) is 0 Å². The maximum atomic E-state index is 11.0. The van der Waals surface area contributed by atoms with Gasteiger partial charge in [-0.1, -0.05) is 140 Å². The fourth-order valence-electron chi connectivity index (χ4n) is 7.42. The minimum Gasteiger partial charge on any atom is -0.423 e. The zero-order valence-corrected chi connectivity index (χ0v) is 25.6. The quantitative estimate of drug-likeness (QED) is 0.155. The maximum absolute atomic E-state index is 11.0. The minimum atomic E-state index is -1.63. The Hall–Kier alpha value is -5.26. The molecule has 2 N–H and O–H groups in total. The predicted molar refractivity (Wildman–Crippen MR) is 198 cm³/mol. The Bertz CT molecular complexity index is 2560. The van der Waals surface area contributed by atoms with Crippen molar-refractivity contribution in [2.75, 3.05) is 0 Å². The lowest BCUT2D eigenvalue weighted by atomic mass is 9.72. The van der Waals surface area contributed by atoms with Gasteiger partial charge in [0.15, 0.2) is 0 Å². The molecule has 4 heteroatoms. The molecule has 0 saturated carbocycles. The highest BCUT2D eigenvalue weighted by Gasteiger charge is 2.27. The third-order valence-corrected chi connectivity index (χ3v) is 10.5. The summed E-state index contributed by atoms with van der Waals surface area (Å²) in [6, 6.07) is 53.3. The summed E-state index contributed by atoms with van der Waals surface area (Å²) in [6.07, 6.45) is 0. The lowest BCUT2D eigenvalue weighted by Gasteiger charge is -2.19. The Morgan fingerprint density at radius 3 is 1.41 bits per heavy atom. The van der Waals surface area contributed by atoms with Gasteiger partial charge in [0.1, 0.15) is 0 Å². The summed E-state index contributed by atoms with van der Waals surface area (Å²) in [6.45, 7) is 0. The van der Waals surface area contributed by atoms with Crippen LogP contribution in [0.3, 0.4) is 0 Å². The molecular formula is C42H27BO2S. The van der Waals surface area contributed by atoms with Gasteiger partial charge in [0, 0.05) is 25.6 Å². The van der Waals surface area contributed by atoms with Crippen molar-refractivity contribution in [2.45, 2.75) is 0 Å². The van der Waals surface area contributed by atoms with Crippen LogP contribution in [-0.4, -0.2) is 17.2 Å². The van der Waals surface area contributed by atoms with Gasteiger partial charge in [-0.25, -0.2) is 0 Å². The van der Waals surface area contributed by atoms with E-state index in [9.17, 15) is 10.0 Å². The van der Waals surface area contributed by atoms with Crippen LogP contribution < -0.4 is 5.46 Å². The first kappa shape index (κ1) is 27.1. The molecule has 0 bridgehead atoms. The highest BCUT2D eigenvalue weighted by atomic mass is 32.1. The number of fused-ring (bicyclic) bond motifs is 7. The molecule has 46 heavy (non-hydrogen) atoms. The summed E-state index contributed by atoms with van der Waals surface area (Å²) in [4.78, 5) is 0. The molecule has 0 atom stereocenters. The number of hydrogen-bond donors (Lipinski definition) is 2. The second-order valence-electron chi connectivity index (χ2n) is 11.8. The molecule has 0 amide bonds. The number of benzene rings is 8. The van der Waals surface area contributed by atoms with Crippen molar-refractivity contribution < 1.29 is 10.0 Å². The van der Waals surface area contributed by atoms with Gasteiger partial charge in [0.2, 0.25) is 0 Å². The number of hydrogen-bond acceptors (Lipinski definition) is 3. The minimum absolute atomic E-state index is 0.557. The van der Waals surface area contributed by atoms with E-state index in [0.717, 1.165) is 47.6 Å². The van der Waals surface area contributed by atoms with Gasteiger partial charge in [-0.3, -0.25) is 0 Å². The van der Waals surface area contributed by atoms with Crippen LogP contribution in [0.5, 0.6) is 0 Å². The van der Waals surface area contributed by atoms with E-state index in [1.165, 1.54) is 38.2 Å². The molecule has 0 aliphatic rings. The molecule has 0 fully saturated rings. The Kier molecular flexibility index (Phi) is 6.29. The van der Waals surface area contributed by atoms with E-state index in [-0.39, 0.29) is 0 Å². The second-order valence-corrected chi connectivity index (χ2v) is 12.9. The lowest BCUT2D eigenvalue weighted by molar-refractivity contribution is 0.426. The van der Waals surface area contributed by atoms with Crippen molar-refractivity contribution in [3.05, 3.63) is 152 Å². The molecule has 0 aliphatic carbocycles. The third-order valence-electron chi connectivity index (χ3n) is 9.27. The van der Waals surface area contributed by atoms with E-state index in [1.54, 1.807) is 11.3 Å². The van der Waals surface area contributed by atoms with E-state index in [2.05, 4.69) is 133 Å². The molecular weight excluding hydrogens is 579 g/mol. The van der Waals surface area contributed by atoms with Crippen molar-refractivity contribution in [3.8, 4) is 33.4 Å². The zero-order chi connectivity index (χ0) is 30.8. The Labute approximate surface area is 270 Å². The first-order valence-corrected chi connectivity index (χ1v) is 16.3. The average Bonchev–Trinajstić information content (AvgIpc) is 3.50. The van der Waals surface area contributed by atoms with Crippen LogP contribution >= 0.6 is 11.3 Å². The summed E-state index contributed by atoms with van der Waals surface area (Å²) in [5.41, 5.74) is 7.06. The fraction of sp³-hybridized carbons (Fsp3) is 0. The highest BCUT2D eigenvalue weighted by Crippen LogP contribution is 2.46. The largest absolute Gasteiger partial charge is 0.490 e. The van der Waals surface area contributed by atoms with Gasteiger partial charge in [-0.2, -0.15) is 0 Å². The first-order valence-electron chi connectivity index (χ1n) is 15.5. The predicted octanol–water partition coefficient (Wildman–Crippen LogP) is 10.2. The van der Waals surface area contributed by atoms with Gasteiger partial charge in [0.25, 0.3) is 0 Å². The maximum Gasteiger partial charge on any atom is 0.490 e. The monoisotopic (exact) mass is 606 g/mol. The molecule has 0 radical (unpaired) electrons. The Morgan fingerprint density at radius 2 is 0.826 bits per heavy atom. The molecule has 9 rings (SSSR count). The second kappa shape index (κ2) is 10.7. The normalized spacial score (nSPS) is 11.7. The summed E-state index contributed by atoms with van der Waals surface area (Å²) in [5, 5.41) is 31.2. The van der Waals surface area contributed by atoms with Crippen LogP contribution in [0.25, 0.3) is 85.9 Å². The van der Waals surface area contributed by atoms with Crippen LogP contribution in [0.15, 0.2) is 152 Å². The van der Waals surface area contributed by atoms with Crippen LogP contribution in [0.1, 0.15) is 0 Å². The Balaban J connectivity index is 1.38. The van der Waals surface area contributed by atoms with Crippen molar-refractivity contribution in [3.63, 3.8) is 0 Å². The first-order chi connectivity index (χ1) is 22.7. The summed E-state index contributed by atoms with van der Waals surface area (Å²) in [5.74, 6) is 0. The van der Waals surface area contributed by atoms with Gasteiger partial charge in [-0.05, 0) is 77.8 Å². The smallest absolute Gasteiger partial charge is 0.423 e. The van der Waals surface area contributed by atoms with Crippen molar-refractivity contribution >= 4 is 76.4 Å². The fourth-order valence-corrected chi connectivity index (χ4v) is 8.71. The van der Waals surface area contributed by atoms with Crippen molar-refractivity contribution in [2.24, 2.45) is 0 Å². The van der Waals surface area contributed by atoms with Crippen molar-refractivity contribution in [1.29, 1.82) is 0 Å². The molecule has 0 unspecified atom stereocenters. The van der Waals surface area contributed by atoms with E-state index in [0.29, 0.717) is 5.46 Å². The topological polar surface area (TPSA) is 40.5 Å². The highest BCUT2D eigenvalue weighted by molar-refractivity contribution is 7.27. The molecule has 216 valence electrons. The van der Waals surface area contributed by atoms with E-state index < -0.39 is 7.12 Å². The summed E-state index contributed by atoms with van der Waals surface area (Å²) in [7, 11) is -1.63. The average molecular weight is 607 g/mol. The molecule has 1 heterocycles. The number of rotatable bonds is 4. The van der Waals surface area contributed by atoms with Crippen LogP contribution in [-0.2, 0) is 0 Å². The van der Waals surface area contributed by atoms with Gasteiger partial charge >= 0.3 is 7.12 Å². The molecule has 2 nitrogen and oxygen atoms in total. The zero-order valence-electron chi connectivity index (χ0n) is 24.8. The van der Waals surface area contributed by atoms with Crippen LogP contribution in [0, 0.1) is 0 Å². The third kappa shape index (κ3) is 4.05. The molecule has 9 aromatic rings. The van der Waals surface area contributed by atoms with Crippen LogP contribution in [0.2, 0.25) is 0 Å². The molecule has 0 aliphatic heterocycles. The van der Waals surface area contributed by atoms with E-state index in [4.69, 9.17) is 0 Å². The van der Waals surface area contributed by atoms with Gasteiger partial charge < -0.3 is 10.0 Å². The molecule has 8 aromatic carbocycles. The van der Waals surface area contributed by atoms with E-state index >= 15 is 0 Å². The SMILES string of the molecule is OB(O)c1c(-c2cccc(-c3c4ccccc4c(-c4ccccc4)c4ccccc34)c2)c2ccccc2c2c1sc1ccccc12. The number of thiophene rings is 1. The Morgan fingerprint density at radius 1 is 0.391 bits per heavy atom. The van der Waals surface area contributed by atoms with Crippen LogP contribution in [0.4, 0.5) is 0 Å². The lowest BCUT2D eigenvalue weighted by Crippen LogP contribution is -2.32. The molecule has 0 spiro atoms. The molecule has 1 aromatic heterocycles. The van der Waals surface area contributed by atoms with Gasteiger partial charge in [0.05, 0.1) is 0 Å². The standard InChI is InChI=1S/C42H27BO2S/c44-43(45)41-39(33-21-8-9-22-34(33)40-35-23-10-11-24-36(35)46-42(40)41)28-16-12-15-27(25-28)38-31-19-6-4-17-29(31)37(26-13-2-1-3-14-26)30-18-5-7-20-32(30)38/h1-25,44-45H. The summed E-state index contributed by atoms with van der Waals surface area (Å²) >= 11 is 1.62.